The van der Waals surface area contributed by atoms with E-state index in [4.69, 9.17) is 4.74 Å². The predicted molar refractivity (Wildman–Crippen MR) is 119 cm³/mol. The van der Waals surface area contributed by atoms with Crippen LogP contribution in [0, 0.1) is 13.8 Å². The van der Waals surface area contributed by atoms with Crippen molar-refractivity contribution >= 4 is 11.6 Å². The van der Waals surface area contributed by atoms with E-state index in [2.05, 4.69) is 46.3 Å². The van der Waals surface area contributed by atoms with E-state index < -0.39 is 6.10 Å². The zero-order chi connectivity index (χ0) is 20.6. The van der Waals surface area contributed by atoms with Crippen molar-refractivity contribution in [2.45, 2.75) is 33.3 Å². The monoisotopic (exact) mass is 395 g/mol. The van der Waals surface area contributed by atoms with Gasteiger partial charge in [-0.25, -0.2) is 0 Å². The first-order valence-electron chi connectivity index (χ1n) is 10.6. The fourth-order valence-electron chi connectivity index (χ4n) is 3.66. The molecule has 1 N–H and O–H groups in total. The molecule has 5 heteroatoms. The molecule has 1 aliphatic rings. The predicted octanol–water partition coefficient (Wildman–Crippen LogP) is 3.40. The van der Waals surface area contributed by atoms with Gasteiger partial charge in [-0.1, -0.05) is 24.3 Å². The van der Waals surface area contributed by atoms with Crippen LogP contribution in [-0.2, 0) is 4.79 Å². The van der Waals surface area contributed by atoms with Crippen LogP contribution in [-0.4, -0.2) is 56.2 Å². The van der Waals surface area contributed by atoms with Gasteiger partial charge in [0.1, 0.15) is 5.75 Å². The highest BCUT2D eigenvalue weighted by Crippen LogP contribution is 2.18. The van der Waals surface area contributed by atoms with Crippen molar-refractivity contribution in [1.29, 1.82) is 0 Å². The molecule has 1 aliphatic heterocycles. The first-order valence-corrected chi connectivity index (χ1v) is 10.6. The fourth-order valence-corrected chi connectivity index (χ4v) is 3.66. The third-order valence-corrected chi connectivity index (χ3v) is 5.36. The topological polar surface area (TPSA) is 44.8 Å². The maximum Gasteiger partial charge on any atom is 0.260 e. The molecule has 1 fully saturated rings. The molecule has 0 saturated carbocycles. The molecule has 0 bridgehead atoms. The van der Waals surface area contributed by atoms with Gasteiger partial charge in [-0.3, -0.25) is 9.69 Å². The van der Waals surface area contributed by atoms with Gasteiger partial charge in [0.15, 0.2) is 6.10 Å². The van der Waals surface area contributed by atoms with Crippen molar-refractivity contribution in [2.24, 2.45) is 0 Å². The van der Waals surface area contributed by atoms with Crippen LogP contribution in [0.25, 0.3) is 0 Å². The van der Waals surface area contributed by atoms with Crippen LogP contribution in [0.15, 0.2) is 48.5 Å². The van der Waals surface area contributed by atoms with Crippen LogP contribution >= 0.6 is 0 Å². The second-order valence-corrected chi connectivity index (χ2v) is 7.89. The van der Waals surface area contributed by atoms with Crippen molar-refractivity contribution < 1.29 is 9.53 Å². The van der Waals surface area contributed by atoms with Crippen LogP contribution in [0.3, 0.4) is 0 Å². The van der Waals surface area contributed by atoms with Gasteiger partial charge in [0.05, 0.1) is 0 Å². The average molecular weight is 396 g/mol. The lowest BCUT2D eigenvalue weighted by molar-refractivity contribution is -0.127. The summed E-state index contributed by atoms with van der Waals surface area (Å²) in [5.41, 5.74) is 3.75. The molecule has 2 aromatic carbocycles. The number of hydrogen-bond acceptors (Lipinski definition) is 4. The summed E-state index contributed by atoms with van der Waals surface area (Å²) in [6.45, 7) is 11.9. The maximum atomic E-state index is 12.3. The van der Waals surface area contributed by atoms with Crippen molar-refractivity contribution in [3.63, 3.8) is 0 Å². The number of nitrogens with one attached hydrogen (secondary N) is 1. The van der Waals surface area contributed by atoms with E-state index in [9.17, 15) is 4.79 Å². The van der Waals surface area contributed by atoms with E-state index in [0.717, 1.165) is 50.5 Å². The second-order valence-electron chi connectivity index (χ2n) is 7.89. The number of aryl methyl sites for hydroxylation is 2. The quantitative estimate of drug-likeness (QED) is 0.696. The third-order valence-electron chi connectivity index (χ3n) is 5.36. The number of benzene rings is 2. The van der Waals surface area contributed by atoms with Crippen molar-refractivity contribution in [1.82, 2.24) is 10.2 Å². The fraction of sp³-hybridized carbons (Fsp3) is 0.458. The number of anilines is 1. The number of carbonyl (C=O) groups is 1. The smallest absolute Gasteiger partial charge is 0.260 e. The summed E-state index contributed by atoms with van der Waals surface area (Å²) >= 11 is 0. The van der Waals surface area contributed by atoms with E-state index >= 15 is 0 Å². The largest absolute Gasteiger partial charge is 0.481 e. The van der Waals surface area contributed by atoms with Gasteiger partial charge in [0, 0.05) is 38.4 Å². The zero-order valence-corrected chi connectivity index (χ0v) is 17.9. The number of rotatable bonds is 8. The molecular formula is C24H33N3O2. The zero-order valence-electron chi connectivity index (χ0n) is 17.9. The van der Waals surface area contributed by atoms with Crippen molar-refractivity contribution in [3.8, 4) is 5.75 Å². The molecule has 156 valence electrons. The molecule has 0 spiro atoms. The number of amides is 1. The Labute approximate surface area is 174 Å². The highest BCUT2D eigenvalue weighted by atomic mass is 16.5. The molecule has 0 radical (unpaired) electrons. The summed E-state index contributed by atoms with van der Waals surface area (Å²) in [6, 6.07) is 16.5. The van der Waals surface area contributed by atoms with Crippen molar-refractivity contribution in [2.75, 3.05) is 44.2 Å². The Hall–Kier alpha value is -2.53. The van der Waals surface area contributed by atoms with Gasteiger partial charge in [0.25, 0.3) is 5.91 Å². The van der Waals surface area contributed by atoms with Crippen LogP contribution in [0.2, 0.25) is 0 Å². The van der Waals surface area contributed by atoms with E-state index in [-0.39, 0.29) is 5.91 Å². The average Bonchev–Trinajstić information content (AvgIpc) is 2.71. The molecule has 1 saturated heterocycles. The Kier molecular flexibility index (Phi) is 7.53. The summed E-state index contributed by atoms with van der Waals surface area (Å²) in [6.07, 6.45) is 0.461. The molecule has 0 aliphatic carbocycles. The van der Waals surface area contributed by atoms with Gasteiger partial charge < -0.3 is 15.0 Å². The Morgan fingerprint density at radius 2 is 1.72 bits per heavy atom. The molecule has 1 amide bonds. The minimum absolute atomic E-state index is 0.0595. The Morgan fingerprint density at radius 1 is 1.03 bits per heavy atom. The van der Waals surface area contributed by atoms with Gasteiger partial charge in [-0.2, -0.15) is 0 Å². The Balaban J connectivity index is 1.32. The third kappa shape index (κ3) is 6.50. The van der Waals surface area contributed by atoms with Crippen LogP contribution in [0.5, 0.6) is 5.75 Å². The summed E-state index contributed by atoms with van der Waals surface area (Å²) in [7, 11) is 0. The highest BCUT2D eigenvalue weighted by Gasteiger charge is 2.18. The number of hydrogen-bond donors (Lipinski definition) is 1. The standard InChI is InChI=1S/C24H33N3O2/c1-19-7-4-9-22(17-19)27-15-13-26(14-16-27)12-6-11-25-24(28)21(3)29-23-10-5-8-20(2)18-23/h4-5,7-10,17-18,21H,6,11-16H2,1-3H3,(H,25,28). The number of piperazine rings is 1. The Bertz CT molecular complexity index is 800. The molecular weight excluding hydrogens is 362 g/mol. The first-order chi connectivity index (χ1) is 14.0. The molecule has 2 aromatic rings. The van der Waals surface area contributed by atoms with Gasteiger partial charge in [-0.15, -0.1) is 0 Å². The Morgan fingerprint density at radius 3 is 2.41 bits per heavy atom. The lowest BCUT2D eigenvalue weighted by atomic mass is 10.2. The molecule has 0 aromatic heterocycles. The summed E-state index contributed by atoms with van der Waals surface area (Å²) < 4.78 is 5.74. The van der Waals surface area contributed by atoms with E-state index in [1.165, 1.54) is 11.3 Å². The lowest BCUT2D eigenvalue weighted by Crippen LogP contribution is -2.47. The second kappa shape index (κ2) is 10.3. The molecule has 1 atom stereocenters. The maximum absolute atomic E-state index is 12.3. The highest BCUT2D eigenvalue weighted by molar-refractivity contribution is 5.80. The summed E-state index contributed by atoms with van der Waals surface area (Å²) in [5.74, 6) is 0.676. The van der Waals surface area contributed by atoms with Crippen LogP contribution in [0.4, 0.5) is 5.69 Å². The van der Waals surface area contributed by atoms with Crippen LogP contribution in [0.1, 0.15) is 24.5 Å². The summed E-state index contributed by atoms with van der Waals surface area (Å²) in [5, 5.41) is 3.00. The summed E-state index contributed by atoms with van der Waals surface area (Å²) in [4.78, 5) is 17.2. The molecule has 5 nitrogen and oxygen atoms in total. The number of ether oxygens (including phenoxy) is 1. The van der Waals surface area contributed by atoms with E-state index in [1.54, 1.807) is 6.92 Å². The van der Waals surface area contributed by atoms with Crippen molar-refractivity contribution in [3.05, 3.63) is 59.7 Å². The van der Waals surface area contributed by atoms with E-state index in [0.29, 0.717) is 6.54 Å². The molecule has 29 heavy (non-hydrogen) atoms. The van der Waals surface area contributed by atoms with Gasteiger partial charge in [-0.05, 0) is 69.1 Å². The normalized spacial score (nSPS) is 15.8. The van der Waals surface area contributed by atoms with Gasteiger partial charge >= 0.3 is 0 Å². The SMILES string of the molecule is Cc1cccc(OC(C)C(=O)NCCCN2CCN(c3cccc(C)c3)CC2)c1. The minimum atomic E-state index is -0.491. The van der Waals surface area contributed by atoms with Gasteiger partial charge in [0.2, 0.25) is 0 Å². The molecule has 1 unspecified atom stereocenters. The molecule has 3 rings (SSSR count). The van der Waals surface area contributed by atoms with E-state index in [1.807, 2.05) is 31.2 Å². The number of nitrogens with zero attached hydrogens (tertiary/aromatic N) is 2. The minimum Gasteiger partial charge on any atom is -0.481 e. The lowest BCUT2D eigenvalue weighted by Gasteiger charge is -2.36. The number of carbonyl (C=O) groups excluding carboxylic acids is 1. The van der Waals surface area contributed by atoms with Crippen LogP contribution < -0.4 is 15.0 Å². The molecule has 1 heterocycles. The first kappa shape index (κ1) is 21.2.